The van der Waals surface area contributed by atoms with E-state index in [9.17, 15) is 15.0 Å². The average Bonchev–Trinajstić information content (AvgIpc) is 2.82. The molecule has 5 heteroatoms. The van der Waals surface area contributed by atoms with Gasteiger partial charge in [-0.15, -0.1) is 0 Å². The Bertz CT molecular complexity index is 1090. The van der Waals surface area contributed by atoms with Crippen LogP contribution in [0.25, 0.3) is 21.9 Å². The van der Waals surface area contributed by atoms with Crippen molar-refractivity contribution >= 4 is 22.4 Å². The average molecular weight is 419 g/mol. The summed E-state index contributed by atoms with van der Waals surface area (Å²) in [4.78, 5) is 17.0. The summed E-state index contributed by atoms with van der Waals surface area (Å²) < 4.78 is 0. The number of aliphatic hydroxyl groups is 2. The van der Waals surface area contributed by atoms with Gasteiger partial charge >= 0.3 is 0 Å². The fourth-order valence-corrected chi connectivity index (χ4v) is 4.53. The van der Waals surface area contributed by atoms with E-state index < -0.39 is 5.41 Å². The second-order valence-corrected chi connectivity index (χ2v) is 8.83. The van der Waals surface area contributed by atoms with Crippen LogP contribution in [-0.2, 0) is 0 Å². The Morgan fingerprint density at radius 1 is 1.00 bits per heavy atom. The van der Waals surface area contributed by atoms with Crippen LogP contribution in [0.15, 0.2) is 60.7 Å². The molecule has 1 aliphatic heterocycles. The second kappa shape index (κ2) is 8.69. The minimum atomic E-state index is -0.598. The molecule has 0 atom stereocenters. The standard InChI is InChI=1S/C26H30N2O3/c1-27(2)24-7-4-3-6-23(24)21-10-8-20-15-22(11-9-19(20)14-21)25(31)28-13-5-12-26(16-28,17-29)18-30/h3-4,6-11,14-15,29-30H,5,12-13,16-18H2,1-2H3. The second-order valence-electron chi connectivity index (χ2n) is 8.83. The molecule has 3 aromatic rings. The first-order valence-electron chi connectivity index (χ1n) is 10.8. The van der Waals surface area contributed by atoms with Crippen LogP contribution < -0.4 is 4.90 Å². The number of carbonyl (C=O) groups is 1. The van der Waals surface area contributed by atoms with Crippen molar-refractivity contribution in [2.45, 2.75) is 12.8 Å². The number of para-hydroxylation sites is 1. The first-order chi connectivity index (χ1) is 15.0. The van der Waals surface area contributed by atoms with Crippen LogP contribution >= 0.6 is 0 Å². The molecule has 1 fully saturated rings. The maximum absolute atomic E-state index is 13.1. The largest absolute Gasteiger partial charge is 0.396 e. The molecule has 0 saturated carbocycles. The first-order valence-corrected chi connectivity index (χ1v) is 10.8. The smallest absolute Gasteiger partial charge is 0.253 e. The zero-order chi connectivity index (χ0) is 22.0. The number of rotatable bonds is 5. The summed E-state index contributed by atoms with van der Waals surface area (Å²) >= 11 is 0. The van der Waals surface area contributed by atoms with Gasteiger partial charge in [-0.05, 0) is 53.4 Å². The third-order valence-electron chi connectivity index (χ3n) is 6.40. The van der Waals surface area contributed by atoms with Crippen molar-refractivity contribution in [2.75, 3.05) is 45.3 Å². The topological polar surface area (TPSA) is 64.0 Å². The zero-order valence-electron chi connectivity index (χ0n) is 18.2. The molecule has 5 nitrogen and oxygen atoms in total. The maximum Gasteiger partial charge on any atom is 0.253 e. The molecule has 31 heavy (non-hydrogen) atoms. The van der Waals surface area contributed by atoms with Gasteiger partial charge in [0.05, 0.1) is 13.2 Å². The Kier molecular flexibility index (Phi) is 5.99. The molecular weight excluding hydrogens is 388 g/mol. The van der Waals surface area contributed by atoms with Crippen LogP contribution in [0.4, 0.5) is 5.69 Å². The van der Waals surface area contributed by atoms with E-state index in [4.69, 9.17) is 0 Å². The molecule has 1 heterocycles. The van der Waals surface area contributed by atoms with Gasteiger partial charge in [0.25, 0.3) is 5.91 Å². The van der Waals surface area contributed by atoms with Gasteiger partial charge in [-0.3, -0.25) is 4.79 Å². The first kappa shape index (κ1) is 21.3. The number of nitrogens with zero attached hydrogens (tertiary/aromatic N) is 2. The zero-order valence-corrected chi connectivity index (χ0v) is 18.2. The van der Waals surface area contributed by atoms with E-state index in [0.29, 0.717) is 18.7 Å². The lowest BCUT2D eigenvalue weighted by Crippen LogP contribution is -2.49. The van der Waals surface area contributed by atoms with Gasteiger partial charge in [-0.2, -0.15) is 0 Å². The Hall–Kier alpha value is -2.89. The van der Waals surface area contributed by atoms with Crippen LogP contribution in [0, 0.1) is 5.41 Å². The van der Waals surface area contributed by atoms with Crippen LogP contribution in [0.1, 0.15) is 23.2 Å². The van der Waals surface area contributed by atoms with E-state index in [1.165, 1.54) is 5.56 Å². The van der Waals surface area contributed by atoms with Crippen LogP contribution in [0.2, 0.25) is 0 Å². The fraction of sp³-hybridized carbons (Fsp3) is 0.346. The molecule has 0 unspecified atom stereocenters. The number of anilines is 1. The summed E-state index contributed by atoms with van der Waals surface area (Å²) in [5, 5.41) is 21.6. The predicted molar refractivity (Wildman–Crippen MR) is 125 cm³/mol. The number of benzene rings is 3. The third-order valence-corrected chi connectivity index (χ3v) is 6.40. The van der Waals surface area contributed by atoms with Gasteiger partial charge in [0.15, 0.2) is 0 Å². The van der Waals surface area contributed by atoms with Crippen LogP contribution in [-0.4, -0.2) is 61.4 Å². The number of aliphatic hydroxyl groups excluding tert-OH is 2. The Balaban J connectivity index is 1.63. The monoisotopic (exact) mass is 418 g/mol. The van der Waals surface area contributed by atoms with Gasteiger partial charge in [-0.1, -0.05) is 36.4 Å². The van der Waals surface area contributed by atoms with Crippen molar-refractivity contribution in [3.05, 3.63) is 66.2 Å². The SMILES string of the molecule is CN(C)c1ccccc1-c1ccc2cc(C(=O)N3CCCC(CO)(CO)C3)ccc2c1. The molecule has 4 rings (SSSR count). The molecule has 1 amide bonds. The number of likely N-dealkylation sites (tertiary alicyclic amines) is 1. The number of hydrogen-bond donors (Lipinski definition) is 2. The summed E-state index contributed by atoms with van der Waals surface area (Å²) in [7, 11) is 4.08. The molecule has 1 aliphatic rings. The van der Waals surface area contributed by atoms with Crippen LogP contribution in [0.3, 0.4) is 0 Å². The van der Waals surface area contributed by atoms with E-state index in [1.807, 2.05) is 44.4 Å². The molecule has 0 spiro atoms. The number of piperidine rings is 1. The van der Waals surface area contributed by atoms with Crippen molar-refractivity contribution in [1.29, 1.82) is 0 Å². The number of hydrogen-bond acceptors (Lipinski definition) is 4. The van der Waals surface area contributed by atoms with Crippen molar-refractivity contribution in [3.8, 4) is 11.1 Å². The van der Waals surface area contributed by atoms with Crippen molar-refractivity contribution in [2.24, 2.45) is 5.41 Å². The lowest BCUT2D eigenvalue weighted by Gasteiger charge is -2.40. The number of fused-ring (bicyclic) bond motifs is 1. The Morgan fingerprint density at radius 2 is 1.71 bits per heavy atom. The van der Waals surface area contributed by atoms with Gasteiger partial charge in [-0.25, -0.2) is 0 Å². The molecular formula is C26H30N2O3. The summed E-state index contributed by atoms with van der Waals surface area (Å²) in [6.45, 7) is 0.820. The van der Waals surface area contributed by atoms with Gasteiger partial charge in [0.1, 0.15) is 0 Å². The molecule has 1 saturated heterocycles. The molecule has 0 radical (unpaired) electrons. The lowest BCUT2D eigenvalue weighted by molar-refractivity contribution is -0.00623. The quantitative estimate of drug-likeness (QED) is 0.662. The van der Waals surface area contributed by atoms with E-state index in [2.05, 4.69) is 35.2 Å². The predicted octanol–water partition coefficient (Wildman–Crippen LogP) is 3.78. The highest BCUT2D eigenvalue weighted by Crippen LogP contribution is 2.33. The highest BCUT2D eigenvalue weighted by atomic mass is 16.3. The molecule has 3 aromatic carbocycles. The van der Waals surface area contributed by atoms with E-state index in [0.717, 1.165) is 34.9 Å². The highest BCUT2D eigenvalue weighted by Gasteiger charge is 2.36. The molecule has 0 bridgehead atoms. The normalized spacial score (nSPS) is 15.8. The van der Waals surface area contributed by atoms with Crippen molar-refractivity contribution < 1.29 is 15.0 Å². The van der Waals surface area contributed by atoms with Crippen LogP contribution in [0.5, 0.6) is 0 Å². The maximum atomic E-state index is 13.1. The van der Waals surface area contributed by atoms with Gasteiger partial charge in [0.2, 0.25) is 0 Å². The molecule has 162 valence electrons. The minimum absolute atomic E-state index is 0.0464. The van der Waals surface area contributed by atoms with Crippen molar-refractivity contribution in [1.82, 2.24) is 4.90 Å². The fourth-order valence-electron chi connectivity index (χ4n) is 4.53. The summed E-state index contributed by atoms with van der Waals surface area (Å²) in [5.74, 6) is -0.0464. The lowest BCUT2D eigenvalue weighted by atomic mass is 9.81. The third kappa shape index (κ3) is 4.16. The molecule has 0 aromatic heterocycles. The molecule has 2 N–H and O–H groups in total. The Labute approximate surface area is 183 Å². The Morgan fingerprint density at radius 3 is 2.45 bits per heavy atom. The van der Waals surface area contributed by atoms with Gasteiger partial charge < -0.3 is 20.0 Å². The minimum Gasteiger partial charge on any atom is -0.396 e. The highest BCUT2D eigenvalue weighted by molar-refractivity contribution is 5.99. The van der Waals surface area contributed by atoms with E-state index >= 15 is 0 Å². The van der Waals surface area contributed by atoms with Crippen molar-refractivity contribution in [3.63, 3.8) is 0 Å². The number of carbonyl (C=O) groups excluding carboxylic acids is 1. The summed E-state index contributed by atoms with van der Waals surface area (Å²) in [6, 6.07) is 20.5. The molecule has 0 aliphatic carbocycles. The number of amides is 1. The van der Waals surface area contributed by atoms with Gasteiger partial charge in [0, 0.05) is 49.4 Å². The van der Waals surface area contributed by atoms with E-state index in [-0.39, 0.29) is 19.1 Å². The van der Waals surface area contributed by atoms with E-state index in [1.54, 1.807) is 4.90 Å². The summed E-state index contributed by atoms with van der Waals surface area (Å²) in [6.07, 6.45) is 1.52. The summed E-state index contributed by atoms with van der Waals surface area (Å²) in [5.41, 5.74) is 3.52.